The van der Waals surface area contributed by atoms with E-state index in [1.807, 2.05) is 13.1 Å². The Bertz CT molecular complexity index is 406. The van der Waals surface area contributed by atoms with Crippen molar-refractivity contribution in [2.45, 2.75) is 51.6 Å². The maximum Gasteiger partial charge on any atom is 0.129 e. The lowest BCUT2D eigenvalue weighted by atomic mass is 9.98. The summed E-state index contributed by atoms with van der Waals surface area (Å²) in [5, 5.41) is 3.88. The number of hydrogen-bond donors (Lipinski definition) is 1. The highest BCUT2D eigenvalue weighted by atomic mass is 35.5. The molecular weight excluding hydrogens is 258 g/mol. The number of halogens is 1. The van der Waals surface area contributed by atoms with E-state index in [0.717, 1.165) is 29.6 Å². The predicted molar refractivity (Wildman–Crippen MR) is 81.9 cm³/mol. The molecule has 1 saturated heterocycles. The number of anilines is 1. The van der Waals surface area contributed by atoms with Gasteiger partial charge in [-0.05, 0) is 44.9 Å². The zero-order valence-corrected chi connectivity index (χ0v) is 12.7. The van der Waals surface area contributed by atoms with Gasteiger partial charge in [0.1, 0.15) is 5.82 Å². The molecule has 0 bridgehead atoms. The molecule has 0 saturated carbocycles. The maximum absolute atomic E-state index is 6.19. The first-order valence-corrected chi connectivity index (χ1v) is 7.70. The second kappa shape index (κ2) is 7.11. The van der Waals surface area contributed by atoms with E-state index >= 15 is 0 Å². The van der Waals surface area contributed by atoms with E-state index < -0.39 is 0 Å². The van der Waals surface area contributed by atoms with Crippen LogP contribution in [-0.4, -0.2) is 24.6 Å². The number of nitrogens with one attached hydrogen (secondary N) is 1. The summed E-state index contributed by atoms with van der Waals surface area (Å²) in [5.41, 5.74) is 0.947. The Labute approximate surface area is 121 Å². The Kier molecular flexibility index (Phi) is 5.46. The second-order valence-electron chi connectivity index (χ2n) is 5.26. The SMILES string of the molecule is CCCC1CCCCN1c1ccc(Cl)c(CNC)n1. The van der Waals surface area contributed by atoms with Crippen molar-refractivity contribution in [3.8, 4) is 0 Å². The summed E-state index contributed by atoms with van der Waals surface area (Å²) in [6, 6.07) is 4.69. The topological polar surface area (TPSA) is 28.2 Å². The molecule has 2 heterocycles. The van der Waals surface area contributed by atoms with Crippen LogP contribution in [0, 0.1) is 0 Å². The monoisotopic (exact) mass is 281 g/mol. The summed E-state index contributed by atoms with van der Waals surface area (Å²) in [4.78, 5) is 7.22. The number of nitrogens with zero attached hydrogens (tertiary/aromatic N) is 2. The molecule has 0 aliphatic carbocycles. The van der Waals surface area contributed by atoms with Gasteiger partial charge in [-0.2, -0.15) is 0 Å². The fourth-order valence-electron chi connectivity index (χ4n) is 2.86. The molecule has 3 nitrogen and oxygen atoms in total. The third kappa shape index (κ3) is 3.61. The molecule has 1 aliphatic rings. The van der Waals surface area contributed by atoms with Crippen molar-refractivity contribution in [2.24, 2.45) is 0 Å². The fourth-order valence-corrected chi connectivity index (χ4v) is 3.03. The molecule has 1 aliphatic heterocycles. The van der Waals surface area contributed by atoms with Crippen LogP contribution in [0.4, 0.5) is 5.82 Å². The van der Waals surface area contributed by atoms with Gasteiger partial charge in [0.2, 0.25) is 0 Å². The van der Waals surface area contributed by atoms with Crippen molar-refractivity contribution >= 4 is 17.4 Å². The zero-order chi connectivity index (χ0) is 13.7. The number of pyridine rings is 1. The van der Waals surface area contributed by atoms with E-state index in [0.29, 0.717) is 6.04 Å². The third-order valence-electron chi connectivity index (χ3n) is 3.79. The van der Waals surface area contributed by atoms with Gasteiger partial charge in [0, 0.05) is 19.1 Å². The minimum absolute atomic E-state index is 0.648. The minimum atomic E-state index is 0.648. The molecule has 1 unspecified atom stereocenters. The van der Waals surface area contributed by atoms with Crippen LogP contribution in [-0.2, 0) is 6.54 Å². The molecule has 1 aromatic heterocycles. The number of aromatic nitrogens is 1. The van der Waals surface area contributed by atoms with Gasteiger partial charge in [0.15, 0.2) is 0 Å². The average Bonchev–Trinajstić information content (AvgIpc) is 2.43. The van der Waals surface area contributed by atoms with Crippen LogP contribution in [0.3, 0.4) is 0 Å². The van der Waals surface area contributed by atoms with Crippen LogP contribution < -0.4 is 10.2 Å². The lowest BCUT2D eigenvalue weighted by Gasteiger charge is -2.37. The summed E-state index contributed by atoms with van der Waals surface area (Å²) in [6.07, 6.45) is 6.40. The highest BCUT2D eigenvalue weighted by molar-refractivity contribution is 6.31. The third-order valence-corrected chi connectivity index (χ3v) is 4.14. The standard InChI is InChI=1S/C15H24ClN3/c1-3-6-12-7-4-5-10-19(12)15-9-8-13(16)14(18-15)11-17-2/h8-9,12,17H,3-7,10-11H2,1-2H3. The molecule has 0 spiro atoms. The second-order valence-corrected chi connectivity index (χ2v) is 5.67. The number of rotatable bonds is 5. The molecular formula is C15H24ClN3. The van der Waals surface area contributed by atoms with Gasteiger partial charge in [-0.25, -0.2) is 4.98 Å². The van der Waals surface area contributed by atoms with Crippen molar-refractivity contribution in [1.29, 1.82) is 0 Å². The molecule has 106 valence electrons. The minimum Gasteiger partial charge on any atom is -0.354 e. The summed E-state index contributed by atoms with van der Waals surface area (Å²) in [7, 11) is 1.92. The van der Waals surface area contributed by atoms with Crippen LogP contribution in [0.15, 0.2) is 12.1 Å². The number of hydrogen-bond acceptors (Lipinski definition) is 3. The average molecular weight is 282 g/mol. The highest BCUT2D eigenvalue weighted by Crippen LogP contribution is 2.27. The molecule has 0 radical (unpaired) electrons. The first-order valence-electron chi connectivity index (χ1n) is 7.33. The largest absolute Gasteiger partial charge is 0.354 e. The van der Waals surface area contributed by atoms with Gasteiger partial charge in [-0.15, -0.1) is 0 Å². The van der Waals surface area contributed by atoms with E-state index in [1.54, 1.807) is 0 Å². The summed E-state index contributed by atoms with van der Waals surface area (Å²) in [6.45, 7) is 4.10. The van der Waals surface area contributed by atoms with Gasteiger partial charge >= 0.3 is 0 Å². The smallest absolute Gasteiger partial charge is 0.129 e. The molecule has 4 heteroatoms. The van der Waals surface area contributed by atoms with Crippen LogP contribution in [0.2, 0.25) is 5.02 Å². The fraction of sp³-hybridized carbons (Fsp3) is 0.667. The molecule has 1 atom stereocenters. The molecule has 1 aromatic rings. The van der Waals surface area contributed by atoms with Crippen molar-refractivity contribution < 1.29 is 0 Å². The van der Waals surface area contributed by atoms with Crippen molar-refractivity contribution in [3.63, 3.8) is 0 Å². The van der Waals surface area contributed by atoms with Crippen molar-refractivity contribution in [2.75, 3.05) is 18.5 Å². The predicted octanol–water partition coefficient (Wildman–Crippen LogP) is 3.61. The summed E-state index contributed by atoms with van der Waals surface area (Å²) < 4.78 is 0. The Morgan fingerprint density at radius 3 is 3.00 bits per heavy atom. The van der Waals surface area contributed by atoms with Crippen LogP contribution in [0.5, 0.6) is 0 Å². The number of piperidine rings is 1. The molecule has 1 fully saturated rings. The van der Waals surface area contributed by atoms with Gasteiger partial charge in [-0.1, -0.05) is 24.9 Å². The molecule has 1 N–H and O–H groups in total. The molecule has 0 amide bonds. The highest BCUT2D eigenvalue weighted by Gasteiger charge is 2.23. The summed E-state index contributed by atoms with van der Waals surface area (Å²) >= 11 is 6.19. The lowest BCUT2D eigenvalue weighted by molar-refractivity contribution is 0.431. The first-order chi connectivity index (χ1) is 9.26. The molecule has 2 rings (SSSR count). The van der Waals surface area contributed by atoms with E-state index in [9.17, 15) is 0 Å². The van der Waals surface area contributed by atoms with E-state index in [2.05, 4.69) is 23.2 Å². The Morgan fingerprint density at radius 2 is 2.26 bits per heavy atom. The first kappa shape index (κ1) is 14.6. The zero-order valence-electron chi connectivity index (χ0n) is 12.0. The van der Waals surface area contributed by atoms with Gasteiger partial charge in [-0.3, -0.25) is 0 Å². The summed E-state index contributed by atoms with van der Waals surface area (Å²) in [5.74, 6) is 1.09. The maximum atomic E-state index is 6.19. The van der Waals surface area contributed by atoms with Gasteiger partial charge < -0.3 is 10.2 Å². The molecule has 0 aromatic carbocycles. The molecule has 19 heavy (non-hydrogen) atoms. The van der Waals surface area contributed by atoms with E-state index in [1.165, 1.54) is 32.1 Å². The van der Waals surface area contributed by atoms with Crippen LogP contribution in [0.25, 0.3) is 0 Å². The van der Waals surface area contributed by atoms with Gasteiger partial charge in [0.05, 0.1) is 10.7 Å². The quantitative estimate of drug-likeness (QED) is 0.894. The Hall–Kier alpha value is -0.800. The lowest BCUT2D eigenvalue weighted by Crippen LogP contribution is -2.40. The van der Waals surface area contributed by atoms with Crippen LogP contribution >= 0.6 is 11.6 Å². The van der Waals surface area contributed by atoms with Crippen molar-refractivity contribution in [3.05, 3.63) is 22.8 Å². The Morgan fingerprint density at radius 1 is 1.42 bits per heavy atom. The normalized spacial score (nSPS) is 19.7. The van der Waals surface area contributed by atoms with Crippen LogP contribution in [0.1, 0.15) is 44.7 Å². The van der Waals surface area contributed by atoms with Crippen molar-refractivity contribution in [1.82, 2.24) is 10.3 Å². The van der Waals surface area contributed by atoms with Gasteiger partial charge in [0.25, 0.3) is 0 Å². The van der Waals surface area contributed by atoms with E-state index in [-0.39, 0.29) is 0 Å². The van der Waals surface area contributed by atoms with E-state index in [4.69, 9.17) is 16.6 Å². The Balaban J connectivity index is 2.20.